The first-order valence-corrected chi connectivity index (χ1v) is 2.93. The van der Waals surface area contributed by atoms with Crippen molar-refractivity contribution in [3.05, 3.63) is 13.3 Å². The molecule has 2 atom stereocenters. The molecule has 0 bridgehead atoms. The standard InChI is InChI=1S/C5H3ClF6/c1-2(7)4(10,3(8)9)5(6,11)12/h2H,1H2. The van der Waals surface area contributed by atoms with Gasteiger partial charge in [0, 0.05) is 0 Å². The lowest BCUT2D eigenvalue weighted by molar-refractivity contribution is -0.131. The summed E-state index contributed by atoms with van der Waals surface area (Å²) in [5.41, 5.74) is -4.82. The first-order chi connectivity index (χ1) is 5.14. The number of alkyl halides is 5. The van der Waals surface area contributed by atoms with Crippen LogP contribution in [0.2, 0.25) is 0 Å². The van der Waals surface area contributed by atoms with Gasteiger partial charge in [0.2, 0.25) is 0 Å². The van der Waals surface area contributed by atoms with Gasteiger partial charge in [0.1, 0.15) is 6.17 Å². The second kappa shape index (κ2) is 3.32. The Morgan fingerprint density at radius 3 is 1.58 bits per heavy atom. The molecule has 0 spiro atoms. The van der Waals surface area contributed by atoms with Crippen molar-refractivity contribution in [1.82, 2.24) is 0 Å². The minimum Gasteiger partial charge on any atom is -0.243 e. The van der Waals surface area contributed by atoms with Gasteiger partial charge >= 0.3 is 11.8 Å². The van der Waals surface area contributed by atoms with Gasteiger partial charge in [-0.25, -0.2) is 8.78 Å². The van der Waals surface area contributed by atoms with E-state index in [2.05, 4.69) is 18.5 Å². The molecule has 0 amide bonds. The minimum absolute atomic E-state index is 2.09. The zero-order valence-corrected chi connectivity index (χ0v) is 6.19. The molecule has 2 radical (unpaired) electrons. The van der Waals surface area contributed by atoms with Gasteiger partial charge in [0.15, 0.2) is 0 Å². The van der Waals surface area contributed by atoms with Crippen LogP contribution in [0.4, 0.5) is 26.3 Å². The van der Waals surface area contributed by atoms with Crippen LogP contribution in [0.1, 0.15) is 0 Å². The lowest BCUT2D eigenvalue weighted by Gasteiger charge is -2.28. The Labute approximate surface area is 69.5 Å². The Bertz CT molecular complexity index is 143. The van der Waals surface area contributed by atoms with Crippen LogP contribution in [0.3, 0.4) is 0 Å². The zero-order chi connectivity index (χ0) is 10.2. The normalized spacial score (nSPS) is 20.8. The third kappa shape index (κ3) is 1.78. The molecule has 0 aromatic heterocycles. The highest BCUT2D eigenvalue weighted by molar-refractivity contribution is 6.22. The van der Waals surface area contributed by atoms with Crippen LogP contribution in [-0.4, -0.2) is 17.2 Å². The SMILES string of the molecule is [CH2]C(F)C(F)([C](F)F)C(F)(F)Cl. The zero-order valence-electron chi connectivity index (χ0n) is 5.43. The molecule has 0 aromatic rings. The Morgan fingerprint density at radius 1 is 1.25 bits per heavy atom. The van der Waals surface area contributed by atoms with Crippen molar-refractivity contribution < 1.29 is 26.3 Å². The van der Waals surface area contributed by atoms with Gasteiger partial charge in [-0.15, -0.1) is 0 Å². The van der Waals surface area contributed by atoms with E-state index in [4.69, 9.17) is 0 Å². The molecule has 0 aliphatic carbocycles. The molecule has 12 heavy (non-hydrogen) atoms. The second-order valence-electron chi connectivity index (χ2n) is 1.94. The lowest BCUT2D eigenvalue weighted by Crippen LogP contribution is -2.49. The molecule has 0 saturated heterocycles. The van der Waals surface area contributed by atoms with E-state index in [1.807, 2.05) is 0 Å². The molecule has 0 N–H and O–H groups in total. The highest BCUT2D eigenvalue weighted by Gasteiger charge is 2.66. The molecule has 0 aromatic carbocycles. The first-order valence-electron chi connectivity index (χ1n) is 2.55. The van der Waals surface area contributed by atoms with Gasteiger partial charge < -0.3 is 0 Å². The van der Waals surface area contributed by atoms with Crippen molar-refractivity contribution in [1.29, 1.82) is 0 Å². The van der Waals surface area contributed by atoms with Crippen molar-refractivity contribution in [3.63, 3.8) is 0 Å². The summed E-state index contributed by atoms with van der Waals surface area (Å²) in [4.78, 5) is 0. The van der Waals surface area contributed by atoms with Crippen LogP contribution in [0, 0.1) is 13.3 Å². The van der Waals surface area contributed by atoms with Crippen LogP contribution >= 0.6 is 11.6 Å². The maximum atomic E-state index is 12.4. The van der Waals surface area contributed by atoms with E-state index in [1.54, 1.807) is 0 Å². The summed E-state index contributed by atoms with van der Waals surface area (Å²) in [7, 11) is 0. The van der Waals surface area contributed by atoms with Crippen molar-refractivity contribution in [2.24, 2.45) is 0 Å². The quantitative estimate of drug-likeness (QED) is 0.498. The third-order valence-electron chi connectivity index (χ3n) is 1.12. The van der Waals surface area contributed by atoms with Crippen molar-refractivity contribution in [2.75, 3.05) is 0 Å². The summed E-state index contributed by atoms with van der Waals surface area (Å²) in [5.74, 6) is 0. The van der Waals surface area contributed by atoms with Crippen molar-refractivity contribution in [3.8, 4) is 0 Å². The fourth-order valence-corrected chi connectivity index (χ4v) is 0.593. The van der Waals surface area contributed by atoms with Gasteiger partial charge in [-0.2, -0.15) is 17.6 Å². The van der Waals surface area contributed by atoms with Crippen molar-refractivity contribution in [2.45, 2.75) is 17.2 Å². The average Bonchev–Trinajstić information content (AvgIpc) is 1.82. The van der Waals surface area contributed by atoms with Gasteiger partial charge in [-0.3, -0.25) is 0 Å². The van der Waals surface area contributed by atoms with Crippen LogP contribution in [0.25, 0.3) is 0 Å². The molecule has 0 aliphatic rings. The predicted molar refractivity (Wildman–Crippen MR) is 30.4 cm³/mol. The van der Waals surface area contributed by atoms with Crippen LogP contribution in [0.5, 0.6) is 0 Å². The Balaban J connectivity index is 4.89. The molecule has 0 rings (SSSR count). The Morgan fingerprint density at radius 2 is 1.58 bits per heavy atom. The van der Waals surface area contributed by atoms with E-state index in [0.29, 0.717) is 0 Å². The predicted octanol–water partition coefficient (Wildman–Crippen LogP) is 3.13. The van der Waals surface area contributed by atoms with Gasteiger partial charge in [0.05, 0.1) is 0 Å². The monoisotopic (exact) mass is 212 g/mol. The smallest absolute Gasteiger partial charge is 0.243 e. The second-order valence-corrected chi connectivity index (χ2v) is 2.41. The first kappa shape index (κ1) is 11.9. The van der Waals surface area contributed by atoms with Crippen molar-refractivity contribution >= 4 is 11.6 Å². The number of halogens is 7. The fourth-order valence-electron chi connectivity index (χ4n) is 0.403. The summed E-state index contributed by atoms with van der Waals surface area (Å²) in [5, 5.41) is -5.02. The topological polar surface area (TPSA) is 0 Å². The molecule has 2 unspecified atom stereocenters. The summed E-state index contributed by atoms with van der Waals surface area (Å²) < 4.78 is 71.2. The van der Waals surface area contributed by atoms with E-state index in [1.165, 1.54) is 0 Å². The van der Waals surface area contributed by atoms with E-state index in [9.17, 15) is 26.3 Å². The van der Waals surface area contributed by atoms with E-state index < -0.39 is 23.6 Å². The van der Waals surface area contributed by atoms with E-state index in [-0.39, 0.29) is 0 Å². The maximum Gasteiger partial charge on any atom is 0.364 e. The van der Waals surface area contributed by atoms with Crippen LogP contribution < -0.4 is 0 Å². The fraction of sp³-hybridized carbons (Fsp3) is 0.600. The molecule has 0 saturated carbocycles. The summed E-state index contributed by atoms with van der Waals surface area (Å²) in [6, 6.07) is 0. The van der Waals surface area contributed by atoms with Gasteiger partial charge in [0.25, 0.3) is 5.67 Å². The summed E-state index contributed by atoms with van der Waals surface area (Å²) in [6.45, 7) is 2.09. The Kier molecular flexibility index (Phi) is 3.28. The average molecular weight is 213 g/mol. The summed E-state index contributed by atoms with van der Waals surface area (Å²) >= 11 is 3.94. The largest absolute Gasteiger partial charge is 0.364 e. The molecular formula is C5H3ClF6. The number of hydrogen-bond acceptors (Lipinski definition) is 0. The molecule has 72 valence electrons. The van der Waals surface area contributed by atoms with E-state index in [0.717, 1.165) is 0 Å². The molecule has 0 fully saturated rings. The number of hydrogen-bond donors (Lipinski definition) is 0. The van der Waals surface area contributed by atoms with Gasteiger partial charge in [-0.1, -0.05) is 0 Å². The van der Waals surface area contributed by atoms with E-state index >= 15 is 0 Å². The molecule has 0 aliphatic heterocycles. The molecular weight excluding hydrogens is 209 g/mol. The number of rotatable bonds is 3. The Hall–Kier alpha value is -0.130. The highest BCUT2D eigenvalue weighted by Crippen LogP contribution is 2.47. The molecule has 0 nitrogen and oxygen atoms in total. The summed E-state index contributed by atoms with van der Waals surface area (Å²) in [6.07, 6.45) is -6.78. The molecule has 7 heteroatoms. The molecule has 0 heterocycles. The van der Waals surface area contributed by atoms with Gasteiger partial charge in [-0.05, 0) is 18.5 Å². The lowest BCUT2D eigenvalue weighted by atomic mass is 10.0. The maximum absolute atomic E-state index is 12.4. The third-order valence-corrected chi connectivity index (χ3v) is 1.39. The van der Waals surface area contributed by atoms with Crippen LogP contribution in [0.15, 0.2) is 0 Å². The highest BCUT2D eigenvalue weighted by atomic mass is 35.5. The minimum atomic E-state index is -5.02. The van der Waals surface area contributed by atoms with Crippen LogP contribution in [-0.2, 0) is 0 Å².